The fourth-order valence-corrected chi connectivity index (χ4v) is 2.44. The summed E-state index contributed by atoms with van der Waals surface area (Å²) >= 11 is 5.06. The van der Waals surface area contributed by atoms with Crippen molar-refractivity contribution in [3.8, 4) is 0 Å². The number of para-hydroxylation sites is 1. The van der Waals surface area contributed by atoms with Crippen molar-refractivity contribution < 1.29 is 0 Å². The van der Waals surface area contributed by atoms with Crippen molar-refractivity contribution in [1.82, 2.24) is 15.6 Å². The summed E-state index contributed by atoms with van der Waals surface area (Å²) < 4.78 is 0. The van der Waals surface area contributed by atoms with Gasteiger partial charge in [-0.3, -0.25) is 0 Å². The molecule has 3 N–H and O–H groups in total. The Kier molecular flexibility index (Phi) is 2.29. The van der Waals surface area contributed by atoms with Gasteiger partial charge in [-0.25, -0.2) is 0 Å². The molecule has 16 heavy (non-hydrogen) atoms. The molecule has 3 nitrogen and oxygen atoms in total. The molecule has 2 heterocycles. The molecule has 0 bridgehead atoms. The predicted molar refractivity (Wildman–Crippen MR) is 69.5 cm³/mol. The molecule has 0 unspecified atom stereocenters. The van der Waals surface area contributed by atoms with Crippen LogP contribution in [-0.4, -0.2) is 22.7 Å². The van der Waals surface area contributed by atoms with Gasteiger partial charge in [0.1, 0.15) is 0 Å². The van der Waals surface area contributed by atoms with Crippen LogP contribution < -0.4 is 10.6 Å². The average molecular weight is 231 g/mol. The molecular formula is C12H13N3S. The van der Waals surface area contributed by atoms with E-state index in [4.69, 9.17) is 12.2 Å². The highest BCUT2D eigenvalue weighted by molar-refractivity contribution is 7.80. The number of aromatic amines is 1. The van der Waals surface area contributed by atoms with Crippen LogP contribution in [0.5, 0.6) is 0 Å². The van der Waals surface area contributed by atoms with E-state index in [0.29, 0.717) is 6.04 Å². The van der Waals surface area contributed by atoms with Crippen LogP contribution >= 0.6 is 12.2 Å². The normalized spacial score (nSPS) is 19.8. The van der Waals surface area contributed by atoms with Crippen molar-refractivity contribution in [3.63, 3.8) is 0 Å². The van der Waals surface area contributed by atoms with Crippen LogP contribution in [0, 0.1) is 0 Å². The SMILES string of the molecule is S=C1NC[C@H](Cc2c[nH]c3ccccc23)N1. The summed E-state index contributed by atoms with van der Waals surface area (Å²) in [6.45, 7) is 0.915. The summed E-state index contributed by atoms with van der Waals surface area (Å²) in [6.07, 6.45) is 3.09. The van der Waals surface area contributed by atoms with Gasteiger partial charge in [-0.2, -0.15) is 0 Å². The standard InChI is InChI=1S/C12H13N3S/c16-12-14-7-9(15-12)5-8-6-13-11-4-2-1-3-10(8)11/h1-4,6,9,13H,5,7H2,(H2,14,15,16)/t9-/m0/s1. The van der Waals surface area contributed by atoms with E-state index in [1.807, 2.05) is 6.07 Å². The molecule has 0 aliphatic carbocycles. The maximum Gasteiger partial charge on any atom is 0.166 e. The Balaban J connectivity index is 1.86. The molecule has 82 valence electrons. The van der Waals surface area contributed by atoms with Gasteiger partial charge < -0.3 is 15.6 Å². The Bertz CT molecular complexity index is 532. The number of H-pyrrole nitrogens is 1. The first-order valence-corrected chi connectivity index (χ1v) is 5.83. The van der Waals surface area contributed by atoms with Gasteiger partial charge in [-0.15, -0.1) is 0 Å². The first kappa shape index (κ1) is 9.66. The van der Waals surface area contributed by atoms with Gasteiger partial charge in [-0.1, -0.05) is 18.2 Å². The molecule has 0 saturated carbocycles. The highest BCUT2D eigenvalue weighted by atomic mass is 32.1. The molecular weight excluding hydrogens is 218 g/mol. The molecule has 3 rings (SSSR count). The van der Waals surface area contributed by atoms with E-state index in [1.165, 1.54) is 16.5 Å². The van der Waals surface area contributed by atoms with Crippen molar-refractivity contribution in [2.75, 3.05) is 6.54 Å². The van der Waals surface area contributed by atoms with E-state index in [0.717, 1.165) is 18.1 Å². The average Bonchev–Trinajstić information content (AvgIpc) is 2.87. The van der Waals surface area contributed by atoms with E-state index in [2.05, 4.69) is 40.0 Å². The van der Waals surface area contributed by atoms with Gasteiger partial charge in [0.05, 0.1) is 0 Å². The molecule has 4 heteroatoms. The van der Waals surface area contributed by atoms with Crippen molar-refractivity contribution in [2.24, 2.45) is 0 Å². The van der Waals surface area contributed by atoms with Crippen LogP contribution in [0.4, 0.5) is 0 Å². The van der Waals surface area contributed by atoms with Crippen molar-refractivity contribution in [1.29, 1.82) is 0 Å². The number of hydrogen-bond donors (Lipinski definition) is 3. The molecule has 1 aromatic heterocycles. The zero-order valence-corrected chi connectivity index (χ0v) is 9.60. The number of benzene rings is 1. The Labute approximate surface area is 99.2 Å². The van der Waals surface area contributed by atoms with Gasteiger partial charge in [-0.05, 0) is 30.3 Å². The Morgan fingerprint density at radius 2 is 2.19 bits per heavy atom. The third-order valence-corrected chi connectivity index (χ3v) is 3.25. The molecule has 0 amide bonds. The van der Waals surface area contributed by atoms with Crippen LogP contribution in [0.3, 0.4) is 0 Å². The molecule has 1 saturated heterocycles. The van der Waals surface area contributed by atoms with E-state index in [-0.39, 0.29) is 0 Å². The largest absolute Gasteiger partial charge is 0.361 e. The lowest BCUT2D eigenvalue weighted by atomic mass is 10.1. The van der Waals surface area contributed by atoms with E-state index in [1.54, 1.807) is 0 Å². The molecule has 1 fully saturated rings. The van der Waals surface area contributed by atoms with Crippen LogP contribution in [0.25, 0.3) is 10.9 Å². The highest BCUT2D eigenvalue weighted by Crippen LogP contribution is 2.19. The Morgan fingerprint density at radius 3 is 3.00 bits per heavy atom. The zero-order valence-electron chi connectivity index (χ0n) is 8.79. The number of hydrogen-bond acceptors (Lipinski definition) is 1. The van der Waals surface area contributed by atoms with Crippen LogP contribution in [0.15, 0.2) is 30.5 Å². The Morgan fingerprint density at radius 1 is 1.31 bits per heavy atom. The number of thiocarbonyl (C=S) groups is 1. The van der Waals surface area contributed by atoms with Crippen LogP contribution in [-0.2, 0) is 6.42 Å². The van der Waals surface area contributed by atoms with Gasteiger partial charge in [0.2, 0.25) is 0 Å². The van der Waals surface area contributed by atoms with Gasteiger partial charge in [0.15, 0.2) is 5.11 Å². The minimum Gasteiger partial charge on any atom is -0.361 e. The predicted octanol–water partition coefficient (Wildman–Crippen LogP) is 1.56. The summed E-state index contributed by atoms with van der Waals surface area (Å²) in [5.74, 6) is 0. The quantitative estimate of drug-likeness (QED) is 0.687. The lowest BCUT2D eigenvalue weighted by Gasteiger charge is -2.07. The highest BCUT2D eigenvalue weighted by Gasteiger charge is 2.18. The summed E-state index contributed by atoms with van der Waals surface area (Å²) in [4.78, 5) is 3.29. The van der Waals surface area contributed by atoms with E-state index < -0.39 is 0 Å². The van der Waals surface area contributed by atoms with Crippen LogP contribution in [0.2, 0.25) is 0 Å². The Hall–Kier alpha value is -1.55. The molecule has 2 aromatic rings. The van der Waals surface area contributed by atoms with E-state index in [9.17, 15) is 0 Å². The first-order chi connectivity index (χ1) is 7.83. The number of aromatic nitrogens is 1. The molecule has 1 aromatic carbocycles. The number of fused-ring (bicyclic) bond motifs is 1. The van der Waals surface area contributed by atoms with Gasteiger partial charge >= 0.3 is 0 Å². The molecule has 1 aliphatic heterocycles. The monoisotopic (exact) mass is 231 g/mol. The topological polar surface area (TPSA) is 39.9 Å². The molecule has 1 atom stereocenters. The van der Waals surface area contributed by atoms with Crippen LogP contribution in [0.1, 0.15) is 5.56 Å². The third-order valence-electron chi connectivity index (χ3n) is 2.99. The second kappa shape index (κ2) is 3.79. The fraction of sp³-hybridized carbons (Fsp3) is 0.250. The second-order valence-corrected chi connectivity index (χ2v) is 4.52. The first-order valence-electron chi connectivity index (χ1n) is 5.42. The minimum absolute atomic E-state index is 0.409. The summed E-state index contributed by atoms with van der Waals surface area (Å²) in [6, 6.07) is 8.79. The van der Waals surface area contributed by atoms with Crippen molar-refractivity contribution >= 4 is 28.2 Å². The summed E-state index contributed by atoms with van der Waals surface area (Å²) in [7, 11) is 0. The second-order valence-electron chi connectivity index (χ2n) is 4.11. The maximum absolute atomic E-state index is 5.06. The van der Waals surface area contributed by atoms with Gasteiger partial charge in [0, 0.05) is 29.7 Å². The summed E-state index contributed by atoms with van der Waals surface area (Å²) in [5, 5.41) is 8.48. The minimum atomic E-state index is 0.409. The maximum atomic E-state index is 5.06. The number of rotatable bonds is 2. The van der Waals surface area contributed by atoms with Gasteiger partial charge in [0.25, 0.3) is 0 Å². The van der Waals surface area contributed by atoms with Crippen molar-refractivity contribution in [2.45, 2.75) is 12.5 Å². The fourth-order valence-electron chi connectivity index (χ4n) is 2.19. The molecule has 0 radical (unpaired) electrons. The lowest BCUT2D eigenvalue weighted by Crippen LogP contribution is -2.28. The lowest BCUT2D eigenvalue weighted by molar-refractivity contribution is 0.655. The zero-order chi connectivity index (χ0) is 11.0. The van der Waals surface area contributed by atoms with E-state index >= 15 is 0 Å². The summed E-state index contributed by atoms with van der Waals surface area (Å²) in [5.41, 5.74) is 2.55. The number of nitrogens with one attached hydrogen (secondary N) is 3. The smallest absolute Gasteiger partial charge is 0.166 e. The van der Waals surface area contributed by atoms with Crippen molar-refractivity contribution in [3.05, 3.63) is 36.0 Å². The molecule has 0 spiro atoms. The molecule has 1 aliphatic rings. The third kappa shape index (κ3) is 1.65.